The average molecular weight is 385 g/mol. The van der Waals surface area contributed by atoms with Gasteiger partial charge in [-0.05, 0) is 17.2 Å². The van der Waals surface area contributed by atoms with E-state index in [9.17, 15) is 35.3 Å². The molecule has 0 spiro atoms. The van der Waals surface area contributed by atoms with Crippen molar-refractivity contribution in [3.63, 3.8) is 0 Å². The van der Waals surface area contributed by atoms with Gasteiger partial charge in [0.25, 0.3) is 0 Å². The van der Waals surface area contributed by atoms with Crippen molar-refractivity contribution in [2.45, 2.75) is 17.2 Å². The lowest BCUT2D eigenvalue weighted by atomic mass is 10.3. The van der Waals surface area contributed by atoms with Crippen LogP contribution in [0.1, 0.15) is 0 Å². The Morgan fingerprint density at radius 3 is 2.26 bits per heavy atom. The lowest BCUT2D eigenvalue weighted by molar-refractivity contribution is -0.106. The molecule has 0 saturated carbocycles. The maximum absolute atomic E-state index is 13.6. The number of hydrogen-bond donors (Lipinski definition) is 1. The summed E-state index contributed by atoms with van der Waals surface area (Å²) in [6, 6.07) is 0.941. The maximum Gasteiger partial charge on any atom is 0.449 e. The molecule has 0 heterocycles. The SMILES string of the molecule is CN/C(=N/c1cc([S+]([O-])CC(F)(F)F)c(Cl)cc1F)C(F)(F)F. The van der Waals surface area contributed by atoms with Gasteiger partial charge in [-0.25, -0.2) is 9.38 Å². The van der Waals surface area contributed by atoms with Gasteiger partial charge >= 0.3 is 12.4 Å². The molecule has 0 aliphatic rings. The van der Waals surface area contributed by atoms with Crippen LogP contribution in [0, 0.1) is 5.82 Å². The zero-order valence-electron chi connectivity index (χ0n) is 11.1. The quantitative estimate of drug-likeness (QED) is 0.371. The van der Waals surface area contributed by atoms with Gasteiger partial charge in [0.1, 0.15) is 5.69 Å². The number of benzene rings is 1. The van der Waals surface area contributed by atoms with E-state index in [0.717, 1.165) is 7.05 Å². The number of alkyl halides is 6. The molecule has 1 rings (SSSR count). The van der Waals surface area contributed by atoms with Crippen LogP contribution < -0.4 is 5.32 Å². The van der Waals surface area contributed by atoms with Crippen LogP contribution in [0.4, 0.5) is 36.4 Å². The predicted molar refractivity (Wildman–Crippen MR) is 71.0 cm³/mol. The molecule has 1 atom stereocenters. The first kappa shape index (κ1) is 19.8. The first-order valence-corrected chi connectivity index (χ1v) is 7.32. The fourth-order valence-electron chi connectivity index (χ4n) is 1.39. The minimum atomic E-state index is -4.94. The van der Waals surface area contributed by atoms with E-state index in [-0.39, 0.29) is 0 Å². The van der Waals surface area contributed by atoms with Crippen molar-refractivity contribution < 1.29 is 35.3 Å². The number of nitrogens with one attached hydrogen (secondary N) is 1. The van der Waals surface area contributed by atoms with E-state index in [4.69, 9.17) is 11.6 Å². The fourth-order valence-corrected chi connectivity index (χ4v) is 2.77. The van der Waals surface area contributed by atoms with Crippen molar-refractivity contribution in [2.24, 2.45) is 4.99 Å². The van der Waals surface area contributed by atoms with Gasteiger partial charge in [-0.2, -0.15) is 26.3 Å². The van der Waals surface area contributed by atoms with Crippen molar-refractivity contribution in [2.75, 3.05) is 12.8 Å². The smallest absolute Gasteiger partial charge is 0.449 e. The second-order valence-electron chi connectivity index (χ2n) is 4.05. The summed E-state index contributed by atoms with van der Waals surface area (Å²) in [5.74, 6) is -4.66. The highest BCUT2D eigenvalue weighted by Crippen LogP contribution is 2.33. The average Bonchev–Trinajstić information content (AvgIpc) is 2.33. The Morgan fingerprint density at radius 1 is 1.26 bits per heavy atom. The van der Waals surface area contributed by atoms with E-state index in [1.54, 1.807) is 5.32 Å². The van der Waals surface area contributed by atoms with E-state index in [2.05, 4.69) is 4.99 Å². The second-order valence-corrected chi connectivity index (χ2v) is 5.87. The Labute approximate surface area is 133 Å². The minimum Gasteiger partial charge on any atom is -0.611 e. The molecule has 3 nitrogen and oxygen atoms in total. The first-order valence-electron chi connectivity index (χ1n) is 5.63. The van der Waals surface area contributed by atoms with E-state index in [1.807, 2.05) is 0 Å². The van der Waals surface area contributed by atoms with Crippen molar-refractivity contribution in [1.82, 2.24) is 5.32 Å². The molecular weight excluding hydrogens is 377 g/mol. The second kappa shape index (κ2) is 7.14. The summed E-state index contributed by atoms with van der Waals surface area (Å²) in [6.45, 7) is 0. The topological polar surface area (TPSA) is 47.5 Å². The molecule has 1 N–H and O–H groups in total. The highest BCUT2D eigenvalue weighted by atomic mass is 35.5. The molecule has 0 saturated heterocycles. The minimum absolute atomic E-state index is 0.452. The Balaban J connectivity index is 3.31. The molecule has 0 radical (unpaired) electrons. The molecule has 0 amide bonds. The van der Waals surface area contributed by atoms with Gasteiger partial charge in [0, 0.05) is 13.1 Å². The van der Waals surface area contributed by atoms with Gasteiger partial charge in [0.05, 0.1) is 5.02 Å². The maximum atomic E-state index is 13.6. The monoisotopic (exact) mass is 384 g/mol. The summed E-state index contributed by atoms with van der Waals surface area (Å²) in [4.78, 5) is 2.29. The molecule has 12 heteroatoms. The number of amidine groups is 1. The molecule has 1 unspecified atom stereocenters. The normalized spacial score (nSPS) is 14.8. The van der Waals surface area contributed by atoms with E-state index in [0.29, 0.717) is 12.1 Å². The largest absolute Gasteiger partial charge is 0.611 e. The molecule has 1 aromatic rings. The highest BCUT2D eigenvalue weighted by Gasteiger charge is 2.38. The number of halogens is 8. The standard InChI is InChI=1S/C11H8ClF7N2OS/c1-20-9(11(17,18)19)21-7-3-8(5(12)2-6(7)13)23(22)4-10(14,15)16/h2-3H,4H2,1H3,(H,20,21). The molecule has 0 aliphatic heterocycles. The summed E-state index contributed by atoms with van der Waals surface area (Å²) in [7, 11) is 0.878. The van der Waals surface area contributed by atoms with Gasteiger partial charge in [-0.1, -0.05) is 11.6 Å². The Morgan fingerprint density at radius 2 is 1.83 bits per heavy atom. The van der Waals surface area contributed by atoms with Gasteiger partial charge in [-0.3, -0.25) is 0 Å². The Kier molecular flexibility index (Phi) is 6.16. The van der Waals surface area contributed by atoms with Crippen molar-refractivity contribution >= 4 is 34.3 Å². The van der Waals surface area contributed by atoms with Crippen LogP contribution in [0.25, 0.3) is 0 Å². The summed E-state index contributed by atoms with van der Waals surface area (Å²) < 4.78 is 99.5. The molecular formula is C11H8ClF7N2OS. The predicted octanol–water partition coefficient (Wildman–Crippen LogP) is 3.96. The summed E-state index contributed by atoms with van der Waals surface area (Å²) in [6.07, 6.45) is -9.74. The third kappa shape index (κ3) is 5.74. The van der Waals surface area contributed by atoms with Gasteiger partial charge in [-0.15, -0.1) is 0 Å². The van der Waals surface area contributed by atoms with Crippen molar-refractivity contribution in [3.8, 4) is 0 Å². The van der Waals surface area contributed by atoms with Crippen LogP contribution in [-0.4, -0.2) is 35.5 Å². The van der Waals surface area contributed by atoms with Crippen LogP contribution >= 0.6 is 11.6 Å². The number of hydrogen-bond acceptors (Lipinski definition) is 2. The van der Waals surface area contributed by atoms with Crippen LogP contribution in [0.2, 0.25) is 5.02 Å². The highest BCUT2D eigenvalue weighted by molar-refractivity contribution is 7.91. The molecule has 0 fully saturated rings. The molecule has 0 aromatic heterocycles. The van der Waals surface area contributed by atoms with Crippen molar-refractivity contribution in [3.05, 3.63) is 23.0 Å². The Bertz CT molecular complexity index is 603. The first-order chi connectivity index (χ1) is 10.3. The van der Waals surface area contributed by atoms with E-state index < -0.39 is 56.5 Å². The third-order valence-corrected chi connectivity index (χ3v) is 4.12. The van der Waals surface area contributed by atoms with Crippen molar-refractivity contribution in [1.29, 1.82) is 0 Å². The van der Waals surface area contributed by atoms with Crippen LogP contribution in [-0.2, 0) is 11.2 Å². The van der Waals surface area contributed by atoms with E-state index >= 15 is 0 Å². The zero-order chi connectivity index (χ0) is 18.0. The summed E-state index contributed by atoms with van der Waals surface area (Å²) in [5, 5.41) is 1.08. The zero-order valence-corrected chi connectivity index (χ0v) is 12.7. The van der Waals surface area contributed by atoms with Gasteiger partial charge in [0.2, 0.25) is 11.6 Å². The summed E-state index contributed by atoms with van der Waals surface area (Å²) in [5.41, 5.74) is -0.943. The van der Waals surface area contributed by atoms with Gasteiger partial charge in [0.15, 0.2) is 10.7 Å². The molecule has 0 aliphatic carbocycles. The molecule has 1 aromatic carbocycles. The lowest BCUT2D eigenvalue weighted by Gasteiger charge is -2.15. The van der Waals surface area contributed by atoms with Crippen LogP contribution in [0.3, 0.4) is 0 Å². The number of aliphatic imine (C=N–C) groups is 1. The van der Waals surface area contributed by atoms with Crippen LogP contribution in [0.5, 0.6) is 0 Å². The summed E-state index contributed by atoms with van der Waals surface area (Å²) >= 11 is 2.78. The number of nitrogens with zero attached hydrogens (tertiary/aromatic N) is 1. The molecule has 23 heavy (non-hydrogen) atoms. The molecule has 130 valence electrons. The van der Waals surface area contributed by atoms with E-state index in [1.165, 1.54) is 0 Å². The Hall–Kier alpha value is -1.20. The lowest BCUT2D eigenvalue weighted by Crippen LogP contribution is -2.34. The third-order valence-electron chi connectivity index (χ3n) is 2.28. The van der Waals surface area contributed by atoms with Gasteiger partial charge < -0.3 is 9.87 Å². The number of rotatable bonds is 3. The fraction of sp³-hybridized carbons (Fsp3) is 0.364. The van der Waals surface area contributed by atoms with Crippen LogP contribution in [0.15, 0.2) is 22.0 Å². The molecule has 0 bridgehead atoms.